The summed E-state index contributed by atoms with van der Waals surface area (Å²) in [5, 5.41) is 9.55. The molecule has 0 bridgehead atoms. The molecule has 1 unspecified atom stereocenters. The van der Waals surface area contributed by atoms with Crippen LogP contribution < -0.4 is 4.90 Å². The third kappa shape index (κ3) is 2.96. The molecule has 1 aromatic carbocycles. The van der Waals surface area contributed by atoms with Crippen LogP contribution in [-0.4, -0.2) is 23.7 Å². The van der Waals surface area contributed by atoms with Gasteiger partial charge >= 0.3 is 5.97 Å². The quantitative estimate of drug-likeness (QED) is 0.908. The number of aryl methyl sites for hydroxylation is 1. The van der Waals surface area contributed by atoms with Gasteiger partial charge in [-0.25, -0.2) is 0 Å². The minimum atomic E-state index is -0.719. The Morgan fingerprint density at radius 1 is 1.56 bits per heavy atom. The number of benzene rings is 1. The van der Waals surface area contributed by atoms with Gasteiger partial charge in [0.25, 0.3) is 0 Å². The fourth-order valence-corrected chi connectivity index (χ4v) is 2.70. The Labute approximate surface area is 112 Å². The molecule has 0 radical (unpaired) electrons. The first kappa shape index (κ1) is 13.2. The van der Waals surface area contributed by atoms with Crippen molar-refractivity contribution in [2.24, 2.45) is 0 Å². The average Bonchev–Trinajstić information content (AvgIpc) is 2.78. The second-order valence-corrected chi connectivity index (χ2v) is 5.26. The van der Waals surface area contributed by atoms with Crippen LogP contribution in [0.25, 0.3) is 0 Å². The zero-order valence-corrected chi connectivity index (χ0v) is 11.3. The Kier molecular flexibility index (Phi) is 4.12. The Hall–Kier alpha value is -1.22. The fraction of sp³-hybridized carbons (Fsp3) is 0.500. The van der Waals surface area contributed by atoms with Gasteiger partial charge in [0.1, 0.15) is 0 Å². The van der Waals surface area contributed by atoms with E-state index in [-0.39, 0.29) is 6.42 Å². The lowest BCUT2D eigenvalue weighted by Gasteiger charge is -2.27. The normalized spacial score (nSPS) is 19.2. The predicted molar refractivity (Wildman–Crippen MR) is 73.4 cm³/mol. The van der Waals surface area contributed by atoms with Gasteiger partial charge in [-0.1, -0.05) is 17.7 Å². The molecule has 0 saturated carbocycles. The maximum atomic E-state index is 10.7. The average molecular weight is 268 g/mol. The first-order valence-electron chi connectivity index (χ1n) is 6.32. The molecular formula is C14H18ClNO2. The van der Waals surface area contributed by atoms with Gasteiger partial charge in [0.2, 0.25) is 0 Å². The van der Waals surface area contributed by atoms with Crippen LogP contribution in [0.4, 0.5) is 5.69 Å². The lowest BCUT2D eigenvalue weighted by molar-refractivity contribution is -0.137. The van der Waals surface area contributed by atoms with Crippen molar-refractivity contribution in [2.75, 3.05) is 11.4 Å². The first-order valence-corrected chi connectivity index (χ1v) is 6.70. The molecular weight excluding hydrogens is 250 g/mol. The molecule has 1 aromatic rings. The van der Waals surface area contributed by atoms with Crippen LogP contribution >= 0.6 is 11.6 Å². The van der Waals surface area contributed by atoms with Crippen LogP contribution in [-0.2, 0) is 4.79 Å². The summed E-state index contributed by atoms with van der Waals surface area (Å²) in [4.78, 5) is 12.9. The van der Waals surface area contributed by atoms with Crippen molar-refractivity contribution in [2.45, 2.75) is 38.6 Å². The zero-order chi connectivity index (χ0) is 13.1. The van der Waals surface area contributed by atoms with Crippen LogP contribution in [0, 0.1) is 6.92 Å². The molecule has 1 fully saturated rings. The van der Waals surface area contributed by atoms with E-state index in [0.717, 1.165) is 35.7 Å². The summed E-state index contributed by atoms with van der Waals surface area (Å²) < 4.78 is 0. The summed E-state index contributed by atoms with van der Waals surface area (Å²) in [5.74, 6) is -0.719. The molecule has 0 aromatic heterocycles. The largest absolute Gasteiger partial charge is 0.481 e. The van der Waals surface area contributed by atoms with E-state index in [9.17, 15) is 4.79 Å². The van der Waals surface area contributed by atoms with E-state index in [1.165, 1.54) is 0 Å². The molecule has 3 nitrogen and oxygen atoms in total. The fourth-order valence-electron chi connectivity index (χ4n) is 2.53. The van der Waals surface area contributed by atoms with Crippen molar-refractivity contribution in [1.82, 2.24) is 0 Å². The van der Waals surface area contributed by atoms with E-state index in [2.05, 4.69) is 11.0 Å². The Morgan fingerprint density at radius 2 is 2.33 bits per heavy atom. The molecule has 0 spiro atoms. The van der Waals surface area contributed by atoms with Gasteiger partial charge in [0.05, 0.1) is 0 Å². The highest BCUT2D eigenvalue weighted by molar-refractivity contribution is 6.31. The Morgan fingerprint density at radius 3 is 3.00 bits per heavy atom. The molecule has 1 heterocycles. The third-order valence-electron chi connectivity index (χ3n) is 3.56. The number of nitrogens with zero attached hydrogens (tertiary/aromatic N) is 1. The van der Waals surface area contributed by atoms with Crippen LogP contribution in [0.3, 0.4) is 0 Å². The molecule has 98 valence electrons. The smallest absolute Gasteiger partial charge is 0.303 e. The molecule has 4 heteroatoms. The van der Waals surface area contributed by atoms with Gasteiger partial charge < -0.3 is 10.0 Å². The van der Waals surface area contributed by atoms with Crippen molar-refractivity contribution in [3.63, 3.8) is 0 Å². The van der Waals surface area contributed by atoms with Gasteiger partial charge in [-0.3, -0.25) is 4.79 Å². The van der Waals surface area contributed by atoms with Crippen LogP contribution in [0.15, 0.2) is 18.2 Å². The Bertz CT molecular complexity index is 447. The van der Waals surface area contributed by atoms with Crippen molar-refractivity contribution in [3.8, 4) is 0 Å². The predicted octanol–water partition coefficient (Wildman–Crippen LogP) is 3.48. The monoisotopic (exact) mass is 267 g/mol. The Balaban J connectivity index is 2.10. The second kappa shape index (κ2) is 5.61. The number of carboxylic acid groups (broad SMARTS) is 1. The number of halogens is 1. The number of hydrogen-bond acceptors (Lipinski definition) is 2. The van der Waals surface area contributed by atoms with E-state index >= 15 is 0 Å². The molecule has 1 aliphatic heterocycles. The molecule has 1 saturated heterocycles. The van der Waals surface area contributed by atoms with Crippen molar-refractivity contribution >= 4 is 23.3 Å². The standard InChI is InChI=1S/C14H18ClNO2/c1-10-4-5-12(9-13(10)15)16-8-2-3-11(16)6-7-14(17)18/h4-5,9,11H,2-3,6-8H2,1H3,(H,17,18). The molecule has 1 atom stereocenters. The number of aliphatic carboxylic acids is 1. The van der Waals surface area contributed by atoms with E-state index in [4.69, 9.17) is 16.7 Å². The van der Waals surface area contributed by atoms with Gasteiger partial charge in [0, 0.05) is 29.7 Å². The van der Waals surface area contributed by atoms with Gasteiger partial charge in [-0.2, -0.15) is 0 Å². The summed E-state index contributed by atoms with van der Waals surface area (Å²) in [6.07, 6.45) is 3.14. The van der Waals surface area contributed by atoms with Crippen LogP contribution in [0.5, 0.6) is 0 Å². The highest BCUT2D eigenvalue weighted by Gasteiger charge is 2.25. The number of hydrogen-bond donors (Lipinski definition) is 1. The van der Waals surface area contributed by atoms with Crippen LogP contribution in [0.2, 0.25) is 5.02 Å². The van der Waals surface area contributed by atoms with Gasteiger partial charge in [0.15, 0.2) is 0 Å². The molecule has 0 amide bonds. The zero-order valence-electron chi connectivity index (χ0n) is 10.5. The number of carbonyl (C=O) groups is 1. The summed E-state index contributed by atoms with van der Waals surface area (Å²) in [6.45, 7) is 2.97. The summed E-state index contributed by atoms with van der Waals surface area (Å²) in [7, 11) is 0. The second-order valence-electron chi connectivity index (χ2n) is 4.86. The van der Waals surface area contributed by atoms with E-state index in [0.29, 0.717) is 12.5 Å². The SMILES string of the molecule is Cc1ccc(N2CCCC2CCC(=O)O)cc1Cl. The molecule has 0 aliphatic carbocycles. The van der Waals surface area contributed by atoms with Gasteiger partial charge in [-0.15, -0.1) is 0 Å². The first-order chi connectivity index (χ1) is 8.58. The molecule has 18 heavy (non-hydrogen) atoms. The number of carboxylic acids is 1. The molecule has 1 aliphatic rings. The highest BCUT2D eigenvalue weighted by Crippen LogP contribution is 2.30. The number of anilines is 1. The lowest BCUT2D eigenvalue weighted by Crippen LogP contribution is -2.29. The van der Waals surface area contributed by atoms with Crippen molar-refractivity contribution < 1.29 is 9.90 Å². The van der Waals surface area contributed by atoms with Crippen molar-refractivity contribution in [3.05, 3.63) is 28.8 Å². The van der Waals surface area contributed by atoms with Crippen LogP contribution in [0.1, 0.15) is 31.2 Å². The number of rotatable bonds is 4. The van der Waals surface area contributed by atoms with Crippen molar-refractivity contribution in [1.29, 1.82) is 0 Å². The minimum Gasteiger partial charge on any atom is -0.481 e. The van der Waals surface area contributed by atoms with E-state index in [1.807, 2.05) is 19.1 Å². The van der Waals surface area contributed by atoms with E-state index in [1.54, 1.807) is 0 Å². The summed E-state index contributed by atoms with van der Waals surface area (Å²) in [5.41, 5.74) is 2.18. The minimum absolute atomic E-state index is 0.237. The molecule has 2 rings (SSSR count). The highest BCUT2D eigenvalue weighted by atomic mass is 35.5. The summed E-state index contributed by atoms with van der Waals surface area (Å²) in [6, 6.07) is 6.40. The topological polar surface area (TPSA) is 40.5 Å². The third-order valence-corrected chi connectivity index (χ3v) is 3.96. The molecule has 1 N–H and O–H groups in total. The van der Waals surface area contributed by atoms with Gasteiger partial charge in [-0.05, 0) is 43.9 Å². The summed E-state index contributed by atoms with van der Waals surface area (Å²) >= 11 is 6.15. The maximum absolute atomic E-state index is 10.7. The van der Waals surface area contributed by atoms with E-state index < -0.39 is 5.97 Å². The maximum Gasteiger partial charge on any atom is 0.303 e. The lowest BCUT2D eigenvalue weighted by atomic mass is 10.1.